The summed E-state index contributed by atoms with van der Waals surface area (Å²) in [5.41, 5.74) is 0. The molecule has 0 saturated carbocycles. The molecule has 1 N–H and O–H groups in total. The third-order valence-corrected chi connectivity index (χ3v) is 3.06. The zero-order valence-electron chi connectivity index (χ0n) is 12.2. The molecule has 0 aliphatic rings. The first-order chi connectivity index (χ1) is 9.16. The molecular formula is C15H30Na2O4. The number of unbranched alkanes of at least 4 members (excludes halogenated alkanes) is 9. The number of hydrogen-bond donors (Lipinski definition) is 1. The molecule has 116 valence electrons. The summed E-state index contributed by atoms with van der Waals surface area (Å²) >= 11 is 0. The van der Waals surface area contributed by atoms with Gasteiger partial charge < -0.3 is 9.84 Å². The molecule has 0 spiro atoms. The third kappa shape index (κ3) is 23.3. The Kier molecular flexibility index (Phi) is 26.7. The van der Waals surface area contributed by atoms with Crippen molar-refractivity contribution in [3.8, 4) is 0 Å². The summed E-state index contributed by atoms with van der Waals surface area (Å²) < 4.78 is 4.81. The zero-order valence-corrected chi connectivity index (χ0v) is 12.2. The van der Waals surface area contributed by atoms with Gasteiger partial charge in [0.2, 0.25) is 0 Å². The molecule has 0 fully saturated rings. The van der Waals surface area contributed by atoms with E-state index in [9.17, 15) is 9.59 Å². The second kappa shape index (κ2) is 20.9. The van der Waals surface area contributed by atoms with Gasteiger partial charge in [0.1, 0.15) is 6.42 Å². The van der Waals surface area contributed by atoms with Gasteiger partial charge in [0.15, 0.2) is 0 Å². The van der Waals surface area contributed by atoms with E-state index in [1.165, 1.54) is 51.4 Å². The van der Waals surface area contributed by atoms with E-state index < -0.39 is 18.4 Å². The Labute approximate surface area is 173 Å². The van der Waals surface area contributed by atoms with Crippen LogP contribution >= 0.6 is 0 Å². The average molecular weight is 320 g/mol. The van der Waals surface area contributed by atoms with E-state index in [1.54, 1.807) is 0 Å². The van der Waals surface area contributed by atoms with E-state index in [2.05, 4.69) is 6.92 Å². The molecule has 0 unspecified atom stereocenters. The first-order valence-corrected chi connectivity index (χ1v) is 7.54. The molecule has 0 aliphatic heterocycles. The Morgan fingerprint density at radius 2 is 1.24 bits per heavy atom. The summed E-state index contributed by atoms with van der Waals surface area (Å²) in [6, 6.07) is 0. The number of rotatable bonds is 13. The minimum absolute atomic E-state index is 0. The molecule has 0 aromatic rings. The maximum atomic E-state index is 10.9. The van der Waals surface area contributed by atoms with Gasteiger partial charge in [0.05, 0.1) is 6.61 Å². The Morgan fingerprint density at radius 3 is 1.67 bits per heavy atom. The fraction of sp³-hybridized carbons (Fsp3) is 0.867. The van der Waals surface area contributed by atoms with E-state index in [4.69, 9.17) is 9.84 Å². The van der Waals surface area contributed by atoms with Crippen LogP contribution in [0.4, 0.5) is 0 Å². The molecule has 0 aromatic carbocycles. The van der Waals surface area contributed by atoms with Gasteiger partial charge in [-0.3, -0.25) is 9.59 Å². The van der Waals surface area contributed by atoms with Crippen molar-refractivity contribution < 1.29 is 19.4 Å². The molecule has 0 aliphatic carbocycles. The Morgan fingerprint density at radius 1 is 0.810 bits per heavy atom. The van der Waals surface area contributed by atoms with Crippen LogP contribution in [0.15, 0.2) is 0 Å². The van der Waals surface area contributed by atoms with E-state index >= 15 is 0 Å². The molecule has 0 radical (unpaired) electrons. The number of aliphatic carboxylic acids is 1. The van der Waals surface area contributed by atoms with Crippen LogP contribution in [-0.4, -0.2) is 82.8 Å². The van der Waals surface area contributed by atoms with Gasteiger partial charge in [0.25, 0.3) is 0 Å². The molecule has 4 nitrogen and oxygen atoms in total. The number of carbonyl (C=O) groups excluding carboxylic acids is 1. The van der Waals surface area contributed by atoms with Crippen molar-refractivity contribution >= 4 is 71.1 Å². The number of ether oxygens (including phenoxy) is 1. The molecule has 21 heavy (non-hydrogen) atoms. The average Bonchev–Trinajstić information content (AvgIpc) is 2.35. The van der Waals surface area contributed by atoms with E-state index in [0.717, 1.165) is 12.8 Å². The quantitative estimate of drug-likeness (QED) is 0.245. The van der Waals surface area contributed by atoms with Crippen molar-refractivity contribution in [3.63, 3.8) is 0 Å². The van der Waals surface area contributed by atoms with Crippen molar-refractivity contribution in [2.45, 2.75) is 77.6 Å². The van der Waals surface area contributed by atoms with E-state index in [1.807, 2.05) is 0 Å². The molecule has 0 aromatic heterocycles. The van der Waals surface area contributed by atoms with Crippen molar-refractivity contribution in [1.29, 1.82) is 0 Å². The van der Waals surface area contributed by atoms with Crippen LogP contribution < -0.4 is 0 Å². The van der Waals surface area contributed by atoms with Crippen LogP contribution in [0.3, 0.4) is 0 Å². The first-order valence-electron chi connectivity index (χ1n) is 7.54. The van der Waals surface area contributed by atoms with Crippen molar-refractivity contribution in [3.05, 3.63) is 0 Å². The number of carboxylic acid groups (broad SMARTS) is 1. The molecule has 0 rings (SSSR count). The van der Waals surface area contributed by atoms with E-state index in [-0.39, 0.29) is 59.1 Å². The van der Waals surface area contributed by atoms with Gasteiger partial charge in [-0.15, -0.1) is 0 Å². The molecule has 0 saturated heterocycles. The summed E-state index contributed by atoms with van der Waals surface area (Å²) in [6.45, 7) is 2.58. The first kappa shape index (κ1) is 26.8. The van der Waals surface area contributed by atoms with Gasteiger partial charge >= 0.3 is 71.1 Å². The van der Waals surface area contributed by atoms with Crippen LogP contribution in [0, 0.1) is 0 Å². The molecule has 0 heterocycles. The number of carboxylic acids is 1. The Hall–Kier alpha value is 0.940. The predicted molar refractivity (Wildman–Crippen MR) is 89.4 cm³/mol. The normalized spacial score (nSPS) is 9.38. The topological polar surface area (TPSA) is 63.6 Å². The molecule has 0 amide bonds. The van der Waals surface area contributed by atoms with Gasteiger partial charge in [-0.25, -0.2) is 0 Å². The van der Waals surface area contributed by atoms with Crippen LogP contribution in [0.2, 0.25) is 0 Å². The number of esters is 1. The van der Waals surface area contributed by atoms with Crippen molar-refractivity contribution in [2.24, 2.45) is 0 Å². The molecule has 0 bridgehead atoms. The van der Waals surface area contributed by atoms with Gasteiger partial charge in [-0.2, -0.15) is 0 Å². The fourth-order valence-electron chi connectivity index (χ4n) is 1.95. The van der Waals surface area contributed by atoms with Gasteiger partial charge in [-0.1, -0.05) is 64.7 Å². The van der Waals surface area contributed by atoms with Crippen LogP contribution in [0.25, 0.3) is 0 Å². The van der Waals surface area contributed by atoms with Crippen LogP contribution in [0.1, 0.15) is 77.6 Å². The summed E-state index contributed by atoms with van der Waals surface area (Å²) in [7, 11) is 0. The van der Waals surface area contributed by atoms with Gasteiger partial charge in [0, 0.05) is 0 Å². The fourth-order valence-corrected chi connectivity index (χ4v) is 1.95. The number of carbonyl (C=O) groups is 2. The third-order valence-electron chi connectivity index (χ3n) is 3.06. The molecule has 0 atom stereocenters. The SMILES string of the molecule is CCCCCCCCCCCCOC(=O)CC(=O)O.[NaH].[NaH]. The Balaban J connectivity index is -0.00000162. The van der Waals surface area contributed by atoms with Crippen LogP contribution in [0.5, 0.6) is 0 Å². The minimum atomic E-state index is -1.13. The van der Waals surface area contributed by atoms with Crippen molar-refractivity contribution in [2.75, 3.05) is 6.61 Å². The second-order valence-electron chi connectivity index (χ2n) is 4.97. The summed E-state index contributed by atoms with van der Waals surface area (Å²) in [5.74, 6) is -1.77. The summed E-state index contributed by atoms with van der Waals surface area (Å²) in [6.07, 6.45) is 11.7. The predicted octanol–water partition coefficient (Wildman–Crippen LogP) is 2.63. The zero-order chi connectivity index (χ0) is 14.3. The van der Waals surface area contributed by atoms with Gasteiger partial charge in [-0.05, 0) is 6.42 Å². The molecular weight excluding hydrogens is 290 g/mol. The van der Waals surface area contributed by atoms with E-state index in [0.29, 0.717) is 6.61 Å². The summed E-state index contributed by atoms with van der Waals surface area (Å²) in [5, 5.41) is 8.36. The second-order valence-corrected chi connectivity index (χ2v) is 4.97. The summed E-state index contributed by atoms with van der Waals surface area (Å²) in [4.78, 5) is 21.1. The Bertz CT molecular complexity index is 248. The standard InChI is InChI=1S/C15H28O4.2Na.2H/c1-2-3-4-5-6-7-8-9-10-11-12-19-15(18)13-14(16)17;;;;/h2-13H2,1H3,(H,16,17);;;;. The van der Waals surface area contributed by atoms with Crippen molar-refractivity contribution in [1.82, 2.24) is 0 Å². The maximum absolute atomic E-state index is 10.9. The molecule has 6 heteroatoms. The van der Waals surface area contributed by atoms with Crippen LogP contribution in [-0.2, 0) is 14.3 Å². The monoisotopic (exact) mass is 320 g/mol. The number of hydrogen-bond acceptors (Lipinski definition) is 3.